The van der Waals surface area contributed by atoms with Gasteiger partial charge in [-0.2, -0.15) is 5.10 Å². The first kappa shape index (κ1) is 14.9. The number of nitrogens with zero attached hydrogens (tertiary/aromatic N) is 5. The Balaban J connectivity index is 1.47. The molecule has 1 amide bonds. The van der Waals surface area contributed by atoms with Gasteiger partial charge in [0, 0.05) is 25.5 Å². The number of amides is 1. The molecule has 7 nitrogen and oxygen atoms in total. The minimum absolute atomic E-state index is 0.0472. The number of piperidine rings is 1. The summed E-state index contributed by atoms with van der Waals surface area (Å²) in [4.78, 5) is 18.6. The van der Waals surface area contributed by atoms with Crippen LogP contribution in [0.15, 0.2) is 49.2 Å². The highest BCUT2D eigenvalue weighted by Gasteiger charge is 2.34. The van der Waals surface area contributed by atoms with E-state index in [1.807, 2.05) is 29.0 Å². The van der Waals surface area contributed by atoms with Gasteiger partial charge in [-0.3, -0.25) is 4.79 Å². The zero-order chi connectivity index (χ0) is 16.6. The summed E-state index contributed by atoms with van der Waals surface area (Å²) < 4.78 is 3.54. The summed E-state index contributed by atoms with van der Waals surface area (Å²) in [6, 6.07) is 7.44. The van der Waals surface area contributed by atoms with E-state index in [4.69, 9.17) is 0 Å². The van der Waals surface area contributed by atoms with Crippen molar-refractivity contribution < 1.29 is 9.90 Å². The van der Waals surface area contributed by atoms with Gasteiger partial charge >= 0.3 is 0 Å². The van der Waals surface area contributed by atoms with Crippen LogP contribution in [0.1, 0.15) is 23.3 Å². The molecule has 0 unspecified atom stereocenters. The van der Waals surface area contributed by atoms with E-state index in [-0.39, 0.29) is 5.91 Å². The van der Waals surface area contributed by atoms with Crippen LogP contribution in [-0.2, 0) is 6.54 Å². The van der Waals surface area contributed by atoms with E-state index in [2.05, 4.69) is 10.1 Å². The van der Waals surface area contributed by atoms with Gasteiger partial charge in [0.1, 0.15) is 5.69 Å². The van der Waals surface area contributed by atoms with E-state index in [0.717, 1.165) is 5.52 Å². The second-order valence-corrected chi connectivity index (χ2v) is 6.33. The van der Waals surface area contributed by atoms with Crippen molar-refractivity contribution in [3.63, 3.8) is 0 Å². The van der Waals surface area contributed by atoms with Gasteiger partial charge in [0.2, 0.25) is 0 Å². The van der Waals surface area contributed by atoms with Crippen molar-refractivity contribution in [2.24, 2.45) is 0 Å². The SMILES string of the molecule is O=C(c1cccc2ccnn12)N1CCC(O)(Cn2ccnc2)CC1. The molecule has 1 fully saturated rings. The number of imidazole rings is 1. The molecule has 0 aromatic carbocycles. The number of aliphatic hydroxyl groups is 1. The van der Waals surface area contributed by atoms with Gasteiger partial charge in [-0.1, -0.05) is 6.07 Å². The molecule has 0 bridgehead atoms. The molecule has 4 heterocycles. The summed E-state index contributed by atoms with van der Waals surface area (Å²) >= 11 is 0. The average molecular weight is 325 g/mol. The maximum absolute atomic E-state index is 12.8. The predicted molar refractivity (Wildman–Crippen MR) is 87.5 cm³/mol. The monoisotopic (exact) mass is 325 g/mol. The minimum atomic E-state index is -0.796. The Hall–Kier alpha value is -2.67. The van der Waals surface area contributed by atoms with E-state index >= 15 is 0 Å². The van der Waals surface area contributed by atoms with Crippen molar-refractivity contribution in [3.8, 4) is 0 Å². The molecular formula is C17H19N5O2. The molecule has 7 heteroatoms. The summed E-state index contributed by atoms with van der Waals surface area (Å²) in [6.45, 7) is 1.56. The first-order chi connectivity index (χ1) is 11.6. The molecule has 0 atom stereocenters. The van der Waals surface area contributed by atoms with Gasteiger partial charge < -0.3 is 14.6 Å². The second-order valence-electron chi connectivity index (χ2n) is 6.33. The maximum atomic E-state index is 12.8. The lowest BCUT2D eigenvalue weighted by atomic mass is 9.91. The van der Waals surface area contributed by atoms with Crippen molar-refractivity contribution in [2.45, 2.75) is 25.0 Å². The predicted octanol–water partition coefficient (Wildman–Crippen LogP) is 1.20. The van der Waals surface area contributed by atoms with Crippen molar-refractivity contribution in [2.75, 3.05) is 13.1 Å². The lowest BCUT2D eigenvalue weighted by Crippen LogP contribution is -2.48. The Morgan fingerprint density at radius 1 is 1.21 bits per heavy atom. The Morgan fingerprint density at radius 2 is 2.04 bits per heavy atom. The standard InChI is InChI=1S/C17H19N5O2/c23-16(15-3-1-2-14-4-7-19-22(14)15)21-9-5-17(24,6-10-21)12-20-11-8-18-13-20/h1-4,7-8,11,13,24H,5-6,9-10,12H2. The summed E-state index contributed by atoms with van der Waals surface area (Å²) in [5.74, 6) is -0.0472. The van der Waals surface area contributed by atoms with Crippen molar-refractivity contribution in [1.29, 1.82) is 0 Å². The Labute approximate surface area is 139 Å². The highest BCUT2D eigenvalue weighted by molar-refractivity contribution is 5.93. The topological polar surface area (TPSA) is 75.7 Å². The van der Waals surface area contributed by atoms with Crippen LogP contribution in [0.5, 0.6) is 0 Å². The molecule has 0 aliphatic carbocycles. The van der Waals surface area contributed by atoms with Crippen molar-refractivity contribution in [3.05, 3.63) is 54.9 Å². The fourth-order valence-electron chi connectivity index (χ4n) is 3.28. The number of rotatable bonds is 3. The lowest BCUT2D eigenvalue weighted by Gasteiger charge is -2.38. The van der Waals surface area contributed by atoms with Gasteiger partial charge in [-0.05, 0) is 31.0 Å². The number of hydrogen-bond donors (Lipinski definition) is 1. The maximum Gasteiger partial charge on any atom is 0.272 e. The molecule has 1 N–H and O–H groups in total. The summed E-state index contributed by atoms with van der Waals surface area (Å²) in [5, 5.41) is 15.0. The van der Waals surface area contributed by atoms with E-state index in [1.54, 1.807) is 34.2 Å². The van der Waals surface area contributed by atoms with Crippen LogP contribution in [0.25, 0.3) is 5.52 Å². The Morgan fingerprint density at radius 3 is 2.79 bits per heavy atom. The molecule has 0 saturated carbocycles. The number of pyridine rings is 1. The van der Waals surface area contributed by atoms with Crippen molar-refractivity contribution >= 4 is 11.4 Å². The van der Waals surface area contributed by atoms with Gasteiger partial charge in [-0.25, -0.2) is 9.50 Å². The number of carbonyl (C=O) groups excluding carboxylic acids is 1. The van der Waals surface area contributed by atoms with Crippen LogP contribution in [0, 0.1) is 0 Å². The Kier molecular flexibility index (Phi) is 3.57. The van der Waals surface area contributed by atoms with Crippen LogP contribution in [0.2, 0.25) is 0 Å². The van der Waals surface area contributed by atoms with Crippen LogP contribution in [0.3, 0.4) is 0 Å². The molecule has 1 aliphatic rings. The zero-order valence-electron chi connectivity index (χ0n) is 13.2. The molecule has 24 heavy (non-hydrogen) atoms. The highest BCUT2D eigenvalue weighted by atomic mass is 16.3. The van der Waals surface area contributed by atoms with E-state index < -0.39 is 5.60 Å². The first-order valence-electron chi connectivity index (χ1n) is 8.05. The number of fused-ring (bicyclic) bond motifs is 1. The number of carbonyl (C=O) groups is 1. The first-order valence-corrected chi connectivity index (χ1v) is 8.05. The average Bonchev–Trinajstić information content (AvgIpc) is 3.25. The molecule has 3 aromatic heterocycles. The quantitative estimate of drug-likeness (QED) is 0.785. The Bertz CT molecular complexity index is 847. The number of aromatic nitrogens is 4. The second kappa shape index (κ2) is 5.76. The summed E-state index contributed by atoms with van der Waals surface area (Å²) in [7, 11) is 0. The van der Waals surface area contributed by atoms with Crippen LogP contribution < -0.4 is 0 Å². The van der Waals surface area contributed by atoms with Gasteiger partial charge in [0.25, 0.3) is 5.91 Å². The third-order valence-corrected chi connectivity index (χ3v) is 4.66. The molecule has 3 aromatic rings. The third-order valence-electron chi connectivity index (χ3n) is 4.66. The smallest absolute Gasteiger partial charge is 0.272 e. The van der Waals surface area contributed by atoms with E-state index in [9.17, 15) is 9.90 Å². The van der Waals surface area contributed by atoms with Crippen molar-refractivity contribution in [1.82, 2.24) is 24.1 Å². The lowest BCUT2D eigenvalue weighted by molar-refractivity contribution is -0.0293. The molecule has 1 aliphatic heterocycles. The summed E-state index contributed by atoms with van der Waals surface area (Å²) in [5.41, 5.74) is 0.655. The van der Waals surface area contributed by atoms with Gasteiger partial charge in [-0.15, -0.1) is 0 Å². The van der Waals surface area contributed by atoms with Gasteiger partial charge in [0.05, 0.1) is 30.2 Å². The minimum Gasteiger partial charge on any atom is -0.388 e. The molecule has 0 spiro atoms. The normalized spacial score (nSPS) is 17.3. The van der Waals surface area contributed by atoms with E-state index in [1.165, 1.54) is 0 Å². The number of likely N-dealkylation sites (tertiary alicyclic amines) is 1. The molecule has 1 saturated heterocycles. The molecule has 124 valence electrons. The largest absolute Gasteiger partial charge is 0.388 e. The molecule has 0 radical (unpaired) electrons. The number of hydrogen-bond acceptors (Lipinski definition) is 4. The highest BCUT2D eigenvalue weighted by Crippen LogP contribution is 2.25. The summed E-state index contributed by atoms with van der Waals surface area (Å²) in [6.07, 6.45) is 8.03. The van der Waals surface area contributed by atoms with E-state index in [0.29, 0.717) is 38.2 Å². The fourth-order valence-corrected chi connectivity index (χ4v) is 3.28. The van der Waals surface area contributed by atoms with Crippen LogP contribution in [-0.4, -0.2) is 53.8 Å². The van der Waals surface area contributed by atoms with Crippen LogP contribution in [0.4, 0.5) is 0 Å². The molecular weight excluding hydrogens is 306 g/mol. The zero-order valence-corrected chi connectivity index (χ0v) is 13.2. The van der Waals surface area contributed by atoms with Crippen LogP contribution >= 0.6 is 0 Å². The third kappa shape index (κ3) is 2.67. The molecule has 4 rings (SSSR count). The fraction of sp³-hybridized carbons (Fsp3) is 0.353. The van der Waals surface area contributed by atoms with Gasteiger partial charge in [0.15, 0.2) is 0 Å².